The Morgan fingerprint density at radius 2 is 1.71 bits per heavy atom. The summed E-state index contributed by atoms with van der Waals surface area (Å²) in [5.41, 5.74) is 6.10. The number of likely N-dealkylation sites (tertiary alicyclic amines) is 1. The lowest BCUT2D eigenvalue weighted by Crippen LogP contribution is -2.49. The maximum Gasteiger partial charge on any atom is 0.409 e. The largest absolute Gasteiger partial charge is 0.450 e. The molecule has 0 aliphatic carbocycles. The first kappa shape index (κ1) is 23.7. The van der Waals surface area contributed by atoms with Gasteiger partial charge in [-0.1, -0.05) is 24.3 Å². The highest BCUT2D eigenvalue weighted by Gasteiger charge is 2.24. The van der Waals surface area contributed by atoms with E-state index in [1.165, 1.54) is 42.6 Å². The van der Waals surface area contributed by atoms with Crippen LogP contribution >= 0.6 is 0 Å². The number of carbonyl (C=O) groups excluding carboxylic acids is 1. The summed E-state index contributed by atoms with van der Waals surface area (Å²) < 4.78 is 7.13. The standard InChI is InChI=1S/C28H37N5O2/c1-4-35-28(34)32-17-15-31(16-18-32)26-9-12-29-33-20-25(19-27(26)33)23-7-5-22(6-8-23)24-10-13-30(14-11-24)21(2)3/h5-9,12,19-21,24H,4,10-11,13-18H2,1-3H3. The molecule has 7 nitrogen and oxygen atoms in total. The molecule has 35 heavy (non-hydrogen) atoms. The second-order valence-corrected chi connectivity index (χ2v) is 9.97. The number of benzene rings is 1. The number of piperidine rings is 1. The van der Waals surface area contributed by atoms with Crippen LogP contribution < -0.4 is 4.90 Å². The molecular formula is C28H37N5O2. The van der Waals surface area contributed by atoms with Crippen molar-refractivity contribution in [3.05, 3.63) is 54.4 Å². The minimum absolute atomic E-state index is 0.217. The van der Waals surface area contributed by atoms with E-state index in [0.29, 0.717) is 31.7 Å². The minimum atomic E-state index is -0.217. The monoisotopic (exact) mass is 475 g/mol. The third-order valence-electron chi connectivity index (χ3n) is 7.61. The minimum Gasteiger partial charge on any atom is -0.450 e. The normalized spacial score (nSPS) is 17.9. The number of piperazine rings is 1. The van der Waals surface area contributed by atoms with Gasteiger partial charge in [0.1, 0.15) is 0 Å². The summed E-state index contributed by atoms with van der Waals surface area (Å²) in [5.74, 6) is 0.661. The number of hydrogen-bond donors (Lipinski definition) is 0. The Morgan fingerprint density at radius 1 is 1.00 bits per heavy atom. The Labute approximate surface area is 208 Å². The fourth-order valence-corrected chi connectivity index (χ4v) is 5.47. The van der Waals surface area contributed by atoms with E-state index >= 15 is 0 Å². The molecule has 0 bridgehead atoms. The van der Waals surface area contributed by atoms with Crippen molar-refractivity contribution in [2.24, 2.45) is 0 Å². The zero-order valence-corrected chi connectivity index (χ0v) is 21.2. The summed E-state index contributed by atoms with van der Waals surface area (Å²) in [7, 11) is 0. The SMILES string of the molecule is CCOC(=O)N1CCN(c2ccnn3cc(-c4ccc(C5CCN(C(C)C)CC5)cc4)cc23)CC1. The second-order valence-electron chi connectivity index (χ2n) is 9.97. The van der Waals surface area contributed by atoms with Gasteiger partial charge in [0, 0.05) is 50.2 Å². The molecule has 0 radical (unpaired) electrons. The summed E-state index contributed by atoms with van der Waals surface area (Å²) in [6.45, 7) is 12.1. The lowest BCUT2D eigenvalue weighted by atomic mass is 9.88. The molecule has 0 spiro atoms. The van der Waals surface area contributed by atoms with Gasteiger partial charge in [0.2, 0.25) is 0 Å². The lowest BCUT2D eigenvalue weighted by molar-refractivity contribution is 0.105. The molecule has 3 aromatic rings. The second kappa shape index (κ2) is 10.3. The number of nitrogens with zero attached hydrogens (tertiary/aromatic N) is 5. The number of rotatable bonds is 5. The zero-order valence-electron chi connectivity index (χ0n) is 21.2. The topological polar surface area (TPSA) is 53.3 Å². The Kier molecular flexibility index (Phi) is 6.95. The Hall–Kier alpha value is -3.06. The molecule has 0 N–H and O–H groups in total. The summed E-state index contributed by atoms with van der Waals surface area (Å²) in [5, 5.41) is 4.56. The predicted molar refractivity (Wildman–Crippen MR) is 140 cm³/mol. The first-order chi connectivity index (χ1) is 17.0. The van der Waals surface area contributed by atoms with Gasteiger partial charge in [0.25, 0.3) is 0 Å². The molecule has 0 atom stereocenters. The summed E-state index contributed by atoms with van der Waals surface area (Å²) >= 11 is 0. The summed E-state index contributed by atoms with van der Waals surface area (Å²) in [6, 6.07) is 14.1. The van der Waals surface area contributed by atoms with Crippen molar-refractivity contribution in [1.82, 2.24) is 19.4 Å². The fourth-order valence-electron chi connectivity index (χ4n) is 5.47. The molecule has 7 heteroatoms. The lowest BCUT2D eigenvalue weighted by Gasteiger charge is -2.35. The number of aromatic nitrogens is 2. The van der Waals surface area contributed by atoms with E-state index in [1.54, 1.807) is 4.90 Å². The van der Waals surface area contributed by atoms with Gasteiger partial charge in [-0.25, -0.2) is 9.31 Å². The molecule has 2 saturated heterocycles. The van der Waals surface area contributed by atoms with Crippen LogP contribution in [0.25, 0.3) is 16.6 Å². The van der Waals surface area contributed by atoms with E-state index in [9.17, 15) is 4.79 Å². The van der Waals surface area contributed by atoms with Crippen LogP contribution in [0.1, 0.15) is 45.1 Å². The molecule has 5 rings (SSSR count). The van der Waals surface area contributed by atoms with Gasteiger partial charge in [0.05, 0.1) is 17.8 Å². The number of hydrogen-bond acceptors (Lipinski definition) is 5. The van der Waals surface area contributed by atoms with E-state index in [2.05, 4.69) is 71.3 Å². The van der Waals surface area contributed by atoms with Crippen LogP contribution in [-0.2, 0) is 4.74 Å². The molecule has 186 valence electrons. The van der Waals surface area contributed by atoms with E-state index in [1.807, 2.05) is 17.6 Å². The smallest absolute Gasteiger partial charge is 0.409 e. The van der Waals surface area contributed by atoms with Crippen molar-refractivity contribution in [3.63, 3.8) is 0 Å². The van der Waals surface area contributed by atoms with Crippen molar-refractivity contribution in [1.29, 1.82) is 0 Å². The Bertz CT molecular complexity index is 1140. The van der Waals surface area contributed by atoms with Crippen LogP contribution in [0.15, 0.2) is 48.8 Å². The molecule has 2 aliphatic heterocycles. The highest BCUT2D eigenvalue weighted by atomic mass is 16.6. The van der Waals surface area contributed by atoms with Gasteiger partial charge in [-0.2, -0.15) is 5.10 Å². The number of fused-ring (bicyclic) bond motifs is 1. The van der Waals surface area contributed by atoms with Crippen LogP contribution in [0, 0.1) is 0 Å². The number of ether oxygens (including phenoxy) is 1. The molecule has 0 unspecified atom stereocenters. The number of amides is 1. The maximum atomic E-state index is 12.0. The van der Waals surface area contributed by atoms with Gasteiger partial charge in [0.15, 0.2) is 0 Å². The molecule has 2 aliphatic rings. The first-order valence-electron chi connectivity index (χ1n) is 13.0. The quantitative estimate of drug-likeness (QED) is 0.527. The molecule has 1 aromatic carbocycles. The third kappa shape index (κ3) is 5.01. The van der Waals surface area contributed by atoms with Gasteiger partial charge in [-0.15, -0.1) is 0 Å². The van der Waals surface area contributed by atoms with Crippen LogP contribution in [-0.4, -0.2) is 77.4 Å². The first-order valence-corrected chi connectivity index (χ1v) is 13.0. The molecular weight excluding hydrogens is 438 g/mol. The van der Waals surface area contributed by atoms with E-state index in [-0.39, 0.29) is 6.09 Å². The number of anilines is 1. The van der Waals surface area contributed by atoms with Gasteiger partial charge in [-0.3, -0.25) is 0 Å². The van der Waals surface area contributed by atoms with Crippen molar-refractivity contribution < 1.29 is 9.53 Å². The van der Waals surface area contributed by atoms with Crippen LogP contribution in [0.5, 0.6) is 0 Å². The van der Waals surface area contributed by atoms with Crippen molar-refractivity contribution in [2.45, 2.75) is 45.6 Å². The zero-order chi connectivity index (χ0) is 24.4. The van der Waals surface area contributed by atoms with Crippen LogP contribution in [0.4, 0.5) is 10.5 Å². The predicted octanol–water partition coefficient (Wildman–Crippen LogP) is 4.87. The van der Waals surface area contributed by atoms with E-state index < -0.39 is 0 Å². The third-order valence-corrected chi connectivity index (χ3v) is 7.61. The Morgan fingerprint density at radius 3 is 2.37 bits per heavy atom. The Balaban J connectivity index is 1.29. The highest BCUT2D eigenvalue weighted by Crippen LogP contribution is 2.32. The van der Waals surface area contributed by atoms with Crippen molar-refractivity contribution >= 4 is 17.3 Å². The average Bonchev–Trinajstić information content (AvgIpc) is 3.34. The van der Waals surface area contributed by atoms with Gasteiger partial charge >= 0.3 is 6.09 Å². The van der Waals surface area contributed by atoms with Crippen LogP contribution in [0.2, 0.25) is 0 Å². The number of carbonyl (C=O) groups is 1. The van der Waals surface area contributed by atoms with E-state index in [4.69, 9.17) is 4.74 Å². The van der Waals surface area contributed by atoms with Crippen LogP contribution in [0.3, 0.4) is 0 Å². The van der Waals surface area contributed by atoms with Crippen molar-refractivity contribution in [3.8, 4) is 11.1 Å². The maximum absolute atomic E-state index is 12.0. The highest BCUT2D eigenvalue weighted by molar-refractivity contribution is 5.80. The fraction of sp³-hybridized carbons (Fsp3) is 0.500. The molecule has 4 heterocycles. The van der Waals surface area contributed by atoms with Gasteiger partial charge in [-0.05, 0) is 75.9 Å². The van der Waals surface area contributed by atoms with E-state index in [0.717, 1.165) is 24.3 Å². The summed E-state index contributed by atoms with van der Waals surface area (Å²) in [6.07, 6.45) is 6.24. The van der Waals surface area contributed by atoms with Crippen molar-refractivity contribution in [2.75, 3.05) is 50.8 Å². The molecule has 2 aromatic heterocycles. The molecule has 1 amide bonds. The average molecular weight is 476 g/mol. The van der Waals surface area contributed by atoms with Gasteiger partial charge < -0.3 is 19.4 Å². The molecule has 2 fully saturated rings. The summed E-state index contributed by atoms with van der Waals surface area (Å²) in [4.78, 5) is 18.8. The molecule has 0 saturated carbocycles.